The number of amides is 3. The average molecular weight is 1020 g/mol. The number of non-ortho nitro benzene ring substituents is 3. The van der Waals surface area contributed by atoms with Crippen molar-refractivity contribution >= 4 is 73.3 Å². The van der Waals surface area contributed by atoms with Crippen LogP contribution in [0.1, 0.15) is 65.7 Å². The van der Waals surface area contributed by atoms with Crippen LogP contribution in [0.15, 0.2) is 89.1 Å². The number of hydrogen-bond donors (Lipinski definition) is 3. The number of aliphatic imine (C=N–C) groups is 1. The number of nitro groups is 3. The van der Waals surface area contributed by atoms with Gasteiger partial charge in [-0.15, -0.1) is 4.99 Å². The highest BCUT2D eigenvalue weighted by atomic mass is 28.4. The number of carbonyl (C=O) groups is 7. The number of nitrogens with one attached hydrogen (secondary N) is 2. The van der Waals surface area contributed by atoms with Gasteiger partial charge in [-0.2, -0.15) is 0 Å². The van der Waals surface area contributed by atoms with Crippen LogP contribution in [-0.2, 0) is 28.2 Å². The molecule has 0 spiro atoms. The number of aliphatic hydroxyl groups is 1. The fraction of sp³-hybridized carbons (Fsp3) is 0.378. The Kier molecular flexibility index (Phi) is 16.5. The predicted molar refractivity (Wildman–Crippen MR) is 249 cm³/mol. The first-order chi connectivity index (χ1) is 34.1. The highest BCUT2D eigenvalue weighted by molar-refractivity contribution is 6.73. The van der Waals surface area contributed by atoms with E-state index in [0.29, 0.717) is 5.57 Å². The van der Waals surface area contributed by atoms with Crippen LogP contribution in [0.3, 0.4) is 0 Å². The van der Waals surface area contributed by atoms with Crippen molar-refractivity contribution in [2.24, 2.45) is 16.8 Å². The minimum absolute atomic E-state index is 0.121. The van der Waals surface area contributed by atoms with Gasteiger partial charge in [0.15, 0.2) is 8.32 Å². The summed E-state index contributed by atoms with van der Waals surface area (Å²) in [6.45, 7) is 9.30. The zero-order valence-corrected chi connectivity index (χ0v) is 40.2. The van der Waals surface area contributed by atoms with Crippen molar-refractivity contribution in [2.45, 2.75) is 77.0 Å². The SMILES string of the molecule is CC[Si](CC)(CC)OC(C)[C@H]1C(=O)N2C(C(=O)OC(=O)c3ccc([N+](=O)[O-])cc3)=C(CN3C[C@H](N/C(=N/C(=O)OC(=O)c4ccc([N+](=O)[O-])cc4)NC(=O)OC(=O)c4ccc([N+](=O)[O-])cc4)[C@@H](O)C3)[C@H](C)[C@H]12. The molecule has 1 unspecified atom stereocenters. The number of rotatable bonds is 16. The second-order valence-electron chi connectivity index (χ2n) is 17.0. The number of guanidine groups is 1. The second-order valence-corrected chi connectivity index (χ2v) is 21.7. The number of nitrogens with zero attached hydrogens (tertiary/aromatic N) is 6. The summed E-state index contributed by atoms with van der Waals surface area (Å²) >= 11 is 0. The average Bonchev–Trinajstić information content (AvgIpc) is 3.81. The van der Waals surface area contributed by atoms with Gasteiger partial charge in [0.25, 0.3) is 17.1 Å². The number of esters is 4. The van der Waals surface area contributed by atoms with Gasteiger partial charge in [0.2, 0.25) is 11.9 Å². The van der Waals surface area contributed by atoms with Gasteiger partial charge in [0.05, 0.1) is 61.7 Å². The Bertz CT molecular complexity index is 2740. The maximum atomic E-state index is 14.1. The number of hydrogen-bond acceptors (Lipinski definition) is 19. The summed E-state index contributed by atoms with van der Waals surface area (Å²) < 4.78 is 21.5. The normalized spacial score (nSPS) is 20.1. The summed E-state index contributed by atoms with van der Waals surface area (Å²) in [4.78, 5) is 131. The van der Waals surface area contributed by atoms with Crippen molar-refractivity contribution in [2.75, 3.05) is 19.6 Å². The van der Waals surface area contributed by atoms with Crippen molar-refractivity contribution in [3.05, 3.63) is 131 Å². The quantitative estimate of drug-likeness (QED) is 0.0200. The Labute approximate surface area is 409 Å². The molecule has 2 fully saturated rings. The molecular weight excluding hydrogens is 969 g/mol. The molecule has 3 aliphatic heterocycles. The van der Waals surface area contributed by atoms with Gasteiger partial charge >= 0.3 is 36.1 Å². The van der Waals surface area contributed by atoms with E-state index in [4.69, 9.17) is 18.6 Å². The number of β-amino-alcohol motifs (C(OH)–C–C–N with tert-alkyl or cyclic N) is 1. The zero-order valence-electron chi connectivity index (χ0n) is 39.2. The molecule has 0 radical (unpaired) electrons. The van der Waals surface area contributed by atoms with Crippen LogP contribution in [-0.4, -0.2) is 130 Å². The molecule has 26 nitrogen and oxygen atoms in total. The maximum absolute atomic E-state index is 14.1. The van der Waals surface area contributed by atoms with E-state index in [-0.39, 0.29) is 59.1 Å². The Balaban J connectivity index is 1.24. The lowest BCUT2D eigenvalue weighted by Crippen LogP contribution is -2.65. The summed E-state index contributed by atoms with van der Waals surface area (Å²) in [6.07, 6.45) is -5.11. The molecule has 6 rings (SSSR count). The largest absolute Gasteiger partial charge is 0.444 e. The molecule has 0 bridgehead atoms. The van der Waals surface area contributed by atoms with E-state index >= 15 is 0 Å². The van der Waals surface area contributed by atoms with Gasteiger partial charge in [-0.1, -0.05) is 27.7 Å². The molecular formula is C45H48N8O18Si. The molecule has 0 aromatic heterocycles. The second kappa shape index (κ2) is 22.3. The topological polar surface area (TPSA) is 349 Å². The highest BCUT2D eigenvalue weighted by Gasteiger charge is 2.61. The number of likely N-dealkylation sites (tertiary alicyclic amines) is 1. The number of nitro benzene ring substituents is 3. The van der Waals surface area contributed by atoms with Crippen molar-refractivity contribution in [1.82, 2.24) is 20.4 Å². The van der Waals surface area contributed by atoms with Crippen molar-refractivity contribution < 1.29 is 72.1 Å². The third-order valence-electron chi connectivity index (χ3n) is 12.9. The van der Waals surface area contributed by atoms with Gasteiger partial charge in [-0.05, 0) is 67.0 Å². The van der Waals surface area contributed by atoms with Crippen LogP contribution in [0.2, 0.25) is 18.1 Å². The van der Waals surface area contributed by atoms with E-state index in [1.165, 1.54) is 4.90 Å². The van der Waals surface area contributed by atoms with Gasteiger partial charge in [0, 0.05) is 62.0 Å². The molecule has 2 saturated heterocycles. The van der Waals surface area contributed by atoms with E-state index < -0.39 is 107 Å². The molecule has 380 valence electrons. The van der Waals surface area contributed by atoms with Gasteiger partial charge in [0.1, 0.15) is 5.70 Å². The molecule has 3 aromatic carbocycles. The zero-order chi connectivity index (χ0) is 52.8. The fourth-order valence-corrected chi connectivity index (χ4v) is 11.7. The third-order valence-corrected chi connectivity index (χ3v) is 17.6. The fourth-order valence-electron chi connectivity index (χ4n) is 8.81. The molecule has 3 amide bonds. The Morgan fingerprint density at radius 1 is 0.736 bits per heavy atom. The molecule has 3 aliphatic rings. The van der Waals surface area contributed by atoms with Gasteiger partial charge < -0.3 is 34.0 Å². The molecule has 6 atom stereocenters. The monoisotopic (exact) mass is 1020 g/mol. The lowest BCUT2D eigenvalue weighted by molar-refractivity contribution is -0.385. The summed E-state index contributed by atoms with van der Waals surface area (Å²) in [5.74, 6) is -7.43. The first-order valence-electron chi connectivity index (χ1n) is 22.4. The molecule has 3 N–H and O–H groups in total. The number of β-lactam (4-membered cyclic amide) rings is 1. The molecule has 3 heterocycles. The van der Waals surface area contributed by atoms with E-state index in [1.54, 1.807) is 11.8 Å². The molecule has 0 saturated carbocycles. The number of fused-ring (bicyclic) bond motifs is 1. The first kappa shape index (κ1) is 53.2. The number of aliphatic hydroxyl groups excluding tert-OH is 1. The Morgan fingerprint density at radius 2 is 1.19 bits per heavy atom. The summed E-state index contributed by atoms with van der Waals surface area (Å²) in [7, 11) is -2.24. The van der Waals surface area contributed by atoms with Crippen molar-refractivity contribution in [1.29, 1.82) is 0 Å². The van der Waals surface area contributed by atoms with Crippen LogP contribution in [0.25, 0.3) is 0 Å². The minimum atomic E-state index is -2.24. The summed E-state index contributed by atoms with van der Waals surface area (Å²) in [6, 6.07) is 12.9. The smallest absolute Gasteiger partial charge is 0.413 e. The van der Waals surface area contributed by atoms with Crippen molar-refractivity contribution in [3.8, 4) is 0 Å². The first-order valence-corrected chi connectivity index (χ1v) is 24.9. The van der Waals surface area contributed by atoms with Crippen LogP contribution < -0.4 is 10.6 Å². The van der Waals surface area contributed by atoms with Crippen molar-refractivity contribution in [3.63, 3.8) is 0 Å². The van der Waals surface area contributed by atoms with Crippen LogP contribution in [0.5, 0.6) is 0 Å². The summed E-state index contributed by atoms with van der Waals surface area (Å²) in [5, 5.41) is 49.3. The number of benzene rings is 3. The Morgan fingerprint density at radius 3 is 1.65 bits per heavy atom. The van der Waals surface area contributed by atoms with Gasteiger partial charge in [-0.3, -0.25) is 45.4 Å². The Hall–Kier alpha value is -8.14. The van der Waals surface area contributed by atoms with Crippen LogP contribution in [0.4, 0.5) is 26.7 Å². The highest BCUT2D eigenvalue weighted by Crippen LogP contribution is 2.49. The lowest BCUT2D eigenvalue weighted by Gasteiger charge is -2.49. The molecule has 3 aromatic rings. The molecule has 72 heavy (non-hydrogen) atoms. The maximum Gasteiger partial charge on any atom is 0.444 e. The predicted octanol–water partition coefficient (Wildman–Crippen LogP) is 4.77. The number of ether oxygens (including phenoxy) is 3. The van der Waals surface area contributed by atoms with E-state index in [2.05, 4.69) is 10.3 Å². The van der Waals surface area contributed by atoms with E-state index in [1.807, 2.05) is 33.0 Å². The van der Waals surface area contributed by atoms with E-state index in [9.17, 15) is 69.0 Å². The number of carbonyl (C=O) groups excluding carboxylic acids is 7. The standard InChI is InChI=1S/C45H48N8O18Si/c1-6-72(7-2,8-3)71-25(5)35-36-24(4)32(37(50(36)38(35)55)42(59)68-39(56)26-9-15-29(16-10-26)51(62)63)21-49-22-33(34(54)23-49)46-43(47-44(60)69-40(57)27-11-17-30(18-12-27)52(64)65)48-45(61)70-41(58)28-13-19-31(20-14-28)53(66)67/h9-20,24-25,33-36,54H,6-8,21-23H2,1-5H3,(H2,46,47,48,60,61)/t24-,25?,33-,34-,35+,36+/m0/s1. The number of alkyl carbamates (subject to hydrolysis) is 1. The third kappa shape index (κ3) is 11.7. The van der Waals surface area contributed by atoms with E-state index in [0.717, 1.165) is 90.9 Å². The van der Waals surface area contributed by atoms with Crippen LogP contribution in [0, 0.1) is 42.2 Å². The van der Waals surface area contributed by atoms with Gasteiger partial charge in [-0.25, -0.2) is 28.8 Å². The minimum Gasteiger partial charge on any atom is -0.413 e. The summed E-state index contributed by atoms with van der Waals surface area (Å²) in [5.41, 5.74) is -1.70. The molecule has 0 aliphatic carbocycles. The lowest BCUT2D eigenvalue weighted by atomic mass is 9.77. The molecule has 27 heteroatoms. The van der Waals surface area contributed by atoms with Crippen LogP contribution >= 0.6 is 0 Å².